The van der Waals surface area contributed by atoms with Crippen LogP contribution in [0.1, 0.15) is 44.1 Å². The molecule has 0 amide bonds. The Hall–Kier alpha value is -2.49. The summed E-state index contributed by atoms with van der Waals surface area (Å²) < 4.78 is 16.1. The van der Waals surface area contributed by atoms with E-state index in [4.69, 9.17) is 14.2 Å². The molecule has 4 nitrogen and oxygen atoms in total. The van der Waals surface area contributed by atoms with E-state index in [0.717, 1.165) is 50.0 Å². The molecule has 1 aliphatic carbocycles. The third-order valence-electron chi connectivity index (χ3n) is 4.15. The third kappa shape index (κ3) is 8.06. The summed E-state index contributed by atoms with van der Waals surface area (Å²) in [5.74, 6) is 1.44. The van der Waals surface area contributed by atoms with Gasteiger partial charge in [0.15, 0.2) is 0 Å². The van der Waals surface area contributed by atoms with Crippen molar-refractivity contribution < 1.29 is 19.0 Å². The second-order valence-electron chi connectivity index (χ2n) is 6.21. The Morgan fingerprint density at radius 1 is 1.04 bits per heavy atom. The molecule has 26 heavy (non-hydrogen) atoms. The Kier molecular flexibility index (Phi) is 9.12. The molecule has 0 saturated heterocycles. The first kappa shape index (κ1) is 19.8. The Bertz CT molecular complexity index is 614. The van der Waals surface area contributed by atoms with Crippen LogP contribution in [0.2, 0.25) is 0 Å². The molecule has 1 aromatic rings. The monoisotopic (exact) mass is 356 g/mol. The number of carbonyl (C=O) groups is 1. The predicted molar refractivity (Wildman–Crippen MR) is 103 cm³/mol. The van der Waals surface area contributed by atoms with E-state index in [2.05, 4.69) is 24.8 Å². The minimum absolute atomic E-state index is 0.245. The van der Waals surface area contributed by atoms with E-state index in [1.165, 1.54) is 18.1 Å². The van der Waals surface area contributed by atoms with Crippen LogP contribution in [0.5, 0.6) is 5.75 Å². The molecule has 1 aromatic carbocycles. The molecule has 0 bridgehead atoms. The molecule has 4 heteroatoms. The van der Waals surface area contributed by atoms with Crippen molar-refractivity contribution >= 4 is 5.97 Å². The molecule has 0 spiro atoms. The maximum absolute atomic E-state index is 10.9. The highest BCUT2D eigenvalue weighted by molar-refractivity contribution is 5.81. The Balaban J connectivity index is 1.49. The van der Waals surface area contributed by atoms with Gasteiger partial charge >= 0.3 is 5.97 Å². The van der Waals surface area contributed by atoms with Gasteiger partial charge in [-0.25, -0.2) is 4.79 Å². The average molecular weight is 356 g/mol. The topological polar surface area (TPSA) is 44.8 Å². The first-order valence-electron chi connectivity index (χ1n) is 9.27. The molecule has 140 valence electrons. The highest BCUT2D eigenvalue weighted by Crippen LogP contribution is 2.16. The summed E-state index contributed by atoms with van der Waals surface area (Å²) in [5.41, 5.74) is 1.32. The SMILES string of the molecule is C=CC(=O)OCCCCCCCc1ccc(OCOC2=CC=CC2)cc1. The van der Waals surface area contributed by atoms with Crippen molar-refractivity contribution in [2.75, 3.05) is 13.4 Å². The van der Waals surface area contributed by atoms with Gasteiger partial charge < -0.3 is 14.2 Å². The van der Waals surface area contributed by atoms with E-state index in [-0.39, 0.29) is 12.8 Å². The number of allylic oxidation sites excluding steroid dienone is 3. The molecule has 0 N–H and O–H groups in total. The van der Waals surface area contributed by atoms with Crippen LogP contribution in [0.4, 0.5) is 0 Å². The molecule has 0 aromatic heterocycles. The van der Waals surface area contributed by atoms with Crippen molar-refractivity contribution in [3.8, 4) is 5.75 Å². The molecular formula is C22H28O4. The molecule has 1 aliphatic rings. The summed E-state index contributed by atoms with van der Waals surface area (Å²) >= 11 is 0. The van der Waals surface area contributed by atoms with Crippen LogP contribution < -0.4 is 4.74 Å². The lowest BCUT2D eigenvalue weighted by Gasteiger charge is -2.09. The lowest BCUT2D eigenvalue weighted by Crippen LogP contribution is -2.02. The molecular weight excluding hydrogens is 328 g/mol. The fourth-order valence-electron chi connectivity index (χ4n) is 2.65. The second-order valence-corrected chi connectivity index (χ2v) is 6.21. The maximum Gasteiger partial charge on any atom is 0.330 e. The van der Waals surface area contributed by atoms with Crippen LogP contribution in [0, 0.1) is 0 Å². The van der Waals surface area contributed by atoms with Crippen LogP contribution in [-0.2, 0) is 20.7 Å². The fraction of sp³-hybridized carbons (Fsp3) is 0.409. The van der Waals surface area contributed by atoms with E-state index < -0.39 is 0 Å². The molecule has 0 atom stereocenters. The first-order valence-corrected chi connectivity index (χ1v) is 9.27. The normalized spacial score (nSPS) is 12.5. The Morgan fingerprint density at radius 2 is 1.81 bits per heavy atom. The van der Waals surface area contributed by atoms with E-state index in [9.17, 15) is 4.79 Å². The molecule has 0 heterocycles. The summed E-state index contributed by atoms with van der Waals surface area (Å²) in [6, 6.07) is 8.21. The highest BCUT2D eigenvalue weighted by Gasteiger charge is 2.01. The van der Waals surface area contributed by atoms with Gasteiger partial charge in [0.1, 0.15) is 11.5 Å². The number of rotatable bonds is 13. The van der Waals surface area contributed by atoms with Gasteiger partial charge in [0.25, 0.3) is 0 Å². The Morgan fingerprint density at radius 3 is 2.54 bits per heavy atom. The van der Waals surface area contributed by atoms with Crippen LogP contribution >= 0.6 is 0 Å². The zero-order chi connectivity index (χ0) is 18.5. The van der Waals surface area contributed by atoms with Gasteiger partial charge in [0, 0.05) is 12.5 Å². The fourth-order valence-corrected chi connectivity index (χ4v) is 2.65. The van der Waals surface area contributed by atoms with Crippen LogP contribution in [0.15, 0.2) is 60.9 Å². The van der Waals surface area contributed by atoms with Gasteiger partial charge in [-0.3, -0.25) is 0 Å². The Labute approximate surface area is 156 Å². The average Bonchev–Trinajstić information content (AvgIpc) is 3.18. The first-order chi connectivity index (χ1) is 12.8. The summed E-state index contributed by atoms with van der Waals surface area (Å²) in [6.07, 6.45) is 14.6. The van der Waals surface area contributed by atoms with Gasteiger partial charge in [0.2, 0.25) is 6.79 Å². The van der Waals surface area contributed by atoms with Crippen LogP contribution in [-0.4, -0.2) is 19.4 Å². The largest absolute Gasteiger partial charge is 0.463 e. The maximum atomic E-state index is 10.9. The van der Waals surface area contributed by atoms with Crippen molar-refractivity contribution in [3.63, 3.8) is 0 Å². The highest BCUT2D eigenvalue weighted by atomic mass is 16.7. The van der Waals surface area contributed by atoms with Crippen LogP contribution in [0.3, 0.4) is 0 Å². The lowest BCUT2D eigenvalue weighted by atomic mass is 10.1. The zero-order valence-corrected chi connectivity index (χ0v) is 15.3. The van der Waals surface area contributed by atoms with E-state index in [1.807, 2.05) is 24.3 Å². The second kappa shape index (κ2) is 12.0. The summed E-state index contributed by atoms with van der Waals surface area (Å²) in [4.78, 5) is 10.9. The van der Waals surface area contributed by atoms with Crippen molar-refractivity contribution in [1.29, 1.82) is 0 Å². The van der Waals surface area contributed by atoms with Gasteiger partial charge in [-0.1, -0.05) is 50.1 Å². The van der Waals surface area contributed by atoms with Crippen molar-refractivity contribution in [3.05, 3.63) is 66.5 Å². The van der Waals surface area contributed by atoms with E-state index in [1.54, 1.807) is 0 Å². The molecule has 2 rings (SSSR count). The van der Waals surface area contributed by atoms with Crippen molar-refractivity contribution in [2.24, 2.45) is 0 Å². The van der Waals surface area contributed by atoms with Crippen molar-refractivity contribution in [1.82, 2.24) is 0 Å². The number of unbranched alkanes of at least 4 members (excludes halogenated alkanes) is 4. The minimum Gasteiger partial charge on any atom is -0.463 e. The van der Waals surface area contributed by atoms with Gasteiger partial charge in [0.05, 0.1) is 6.61 Å². The quantitative estimate of drug-likeness (QED) is 0.213. The van der Waals surface area contributed by atoms with Gasteiger partial charge in [-0.05, 0) is 43.0 Å². The van der Waals surface area contributed by atoms with Gasteiger partial charge in [-0.2, -0.15) is 0 Å². The standard InChI is InChI=1S/C22H28O4/c1-2-22(23)24-17-9-5-3-4-6-10-19-13-15-21(16-14-19)26-18-25-20-11-7-8-12-20/h2,7-8,11,13-16H,1,3-6,9-10,12,17-18H2. The zero-order valence-electron chi connectivity index (χ0n) is 15.3. The predicted octanol–water partition coefficient (Wildman–Crippen LogP) is 5.11. The van der Waals surface area contributed by atoms with Crippen LogP contribution in [0.25, 0.3) is 0 Å². The summed E-state index contributed by atoms with van der Waals surface area (Å²) in [6.45, 7) is 4.11. The third-order valence-corrected chi connectivity index (χ3v) is 4.15. The number of esters is 1. The van der Waals surface area contributed by atoms with E-state index in [0.29, 0.717) is 6.61 Å². The number of carbonyl (C=O) groups excluding carboxylic acids is 1. The smallest absolute Gasteiger partial charge is 0.330 e. The number of ether oxygens (including phenoxy) is 3. The minimum atomic E-state index is -0.336. The van der Waals surface area contributed by atoms with E-state index >= 15 is 0 Å². The molecule has 0 radical (unpaired) electrons. The number of benzene rings is 1. The number of hydrogen-bond acceptors (Lipinski definition) is 4. The number of aryl methyl sites for hydroxylation is 1. The molecule has 0 unspecified atom stereocenters. The summed E-state index contributed by atoms with van der Waals surface area (Å²) in [5, 5.41) is 0. The molecule has 0 saturated carbocycles. The van der Waals surface area contributed by atoms with Crippen molar-refractivity contribution in [2.45, 2.75) is 44.9 Å². The van der Waals surface area contributed by atoms with Gasteiger partial charge in [-0.15, -0.1) is 0 Å². The summed E-state index contributed by atoms with van der Waals surface area (Å²) in [7, 11) is 0. The number of hydrogen-bond donors (Lipinski definition) is 0. The molecule has 0 aliphatic heterocycles. The lowest BCUT2D eigenvalue weighted by molar-refractivity contribution is -0.137. The molecule has 0 fully saturated rings.